The van der Waals surface area contributed by atoms with Crippen molar-refractivity contribution in [2.45, 2.75) is 46.1 Å². The van der Waals surface area contributed by atoms with Crippen LogP contribution in [0.1, 0.15) is 40.0 Å². The second-order valence-corrected chi connectivity index (χ2v) is 4.00. The van der Waals surface area contributed by atoms with Gasteiger partial charge < -0.3 is 10.2 Å². The van der Waals surface area contributed by atoms with Crippen LogP contribution >= 0.6 is 0 Å². The van der Waals surface area contributed by atoms with Crippen LogP contribution < -0.4 is 0 Å². The van der Waals surface area contributed by atoms with Crippen molar-refractivity contribution < 1.29 is 15.0 Å². The molecule has 0 aliphatic rings. The van der Waals surface area contributed by atoms with E-state index in [4.69, 9.17) is 5.11 Å². The zero-order valence-corrected chi connectivity index (χ0v) is 9.66. The number of hydrogen-bond donors (Lipinski definition) is 2. The molecule has 0 saturated heterocycles. The summed E-state index contributed by atoms with van der Waals surface area (Å²) in [6, 6.07) is 0. The minimum atomic E-state index is -0.976. The van der Waals surface area contributed by atoms with Crippen molar-refractivity contribution in [1.29, 1.82) is 0 Å². The van der Waals surface area contributed by atoms with Crippen molar-refractivity contribution in [3.63, 3.8) is 0 Å². The SMILES string of the molecule is CC(C)=CCC/C(C)=C/C(O)CC(=O)O. The van der Waals surface area contributed by atoms with Gasteiger partial charge in [-0.2, -0.15) is 0 Å². The maximum Gasteiger partial charge on any atom is 0.306 e. The highest BCUT2D eigenvalue weighted by Gasteiger charge is 2.05. The van der Waals surface area contributed by atoms with E-state index in [9.17, 15) is 9.90 Å². The maximum atomic E-state index is 10.3. The summed E-state index contributed by atoms with van der Waals surface area (Å²) >= 11 is 0. The van der Waals surface area contributed by atoms with Crippen molar-refractivity contribution in [3.8, 4) is 0 Å². The third-order valence-corrected chi connectivity index (χ3v) is 1.95. The molecule has 0 amide bonds. The van der Waals surface area contributed by atoms with E-state index in [2.05, 4.69) is 6.08 Å². The van der Waals surface area contributed by atoms with Gasteiger partial charge in [0.25, 0.3) is 0 Å². The van der Waals surface area contributed by atoms with Crippen LogP contribution in [-0.4, -0.2) is 22.3 Å². The van der Waals surface area contributed by atoms with Crippen molar-refractivity contribution >= 4 is 5.97 Å². The summed E-state index contributed by atoms with van der Waals surface area (Å²) in [6.45, 7) is 5.99. The van der Waals surface area contributed by atoms with Crippen LogP contribution in [0.2, 0.25) is 0 Å². The molecule has 86 valence electrons. The minimum Gasteiger partial charge on any atom is -0.481 e. The number of carbonyl (C=O) groups is 1. The average molecular weight is 212 g/mol. The van der Waals surface area contributed by atoms with Crippen LogP contribution in [0.25, 0.3) is 0 Å². The molecule has 3 heteroatoms. The van der Waals surface area contributed by atoms with Gasteiger partial charge in [0.15, 0.2) is 0 Å². The average Bonchev–Trinajstić information content (AvgIpc) is 2.00. The van der Waals surface area contributed by atoms with Crippen molar-refractivity contribution in [2.24, 2.45) is 0 Å². The lowest BCUT2D eigenvalue weighted by Crippen LogP contribution is -2.10. The summed E-state index contributed by atoms with van der Waals surface area (Å²) < 4.78 is 0. The van der Waals surface area contributed by atoms with Gasteiger partial charge in [-0.05, 0) is 33.6 Å². The third kappa shape index (κ3) is 9.22. The second kappa shape index (κ2) is 7.23. The van der Waals surface area contributed by atoms with Crippen molar-refractivity contribution in [2.75, 3.05) is 0 Å². The lowest BCUT2D eigenvalue weighted by Gasteiger charge is -2.04. The molecule has 0 aliphatic carbocycles. The first-order valence-electron chi connectivity index (χ1n) is 5.12. The van der Waals surface area contributed by atoms with E-state index in [-0.39, 0.29) is 6.42 Å². The monoisotopic (exact) mass is 212 g/mol. The van der Waals surface area contributed by atoms with E-state index in [0.29, 0.717) is 0 Å². The van der Waals surface area contributed by atoms with Crippen molar-refractivity contribution in [1.82, 2.24) is 0 Å². The van der Waals surface area contributed by atoms with E-state index in [1.54, 1.807) is 6.08 Å². The number of aliphatic hydroxyl groups is 1. The first-order chi connectivity index (χ1) is 6.91. The zero-order chi connectivity index (χ0) is 11.8. The molecule has 2 N–H and O–H groups in total. The van der Waals surface area contributed by atoms with Gasteiger partial charge in [0.2, 0.25) is 0 Å². The first kappa shape index (κ1) is 13.9. The van der Waals surface area contributed by atoms with Gasteiger partial charge in [0, 0.05) is 0 Å². The molecule has 0 fully saturated rings. The summed E-state index contributed by atoms with van der Waals surface area (Å²) in [5.41, 5.74) is 2.30. The Balaban J connectivity index is 3.97. The molecule has 0 aromatic heterocycles. The molecule has 1 atom stereocenters. The highest BCUT2D eigenvalue weighted by Crippen LogP contribution is 2.08. The molecule has 0 saturated carbocycles. The van der Waals surface area contributed by atoms with E-state index in [0.717, 1.165) is 18.4 Å². The van der Waals surface area contributed by atoms with Gasteiger partial charge in [-0.1, -0.05) is 23.3 Å². The smallest absolute Gasteiger partial charge is 0.306 e. The number of carboxylic acid groups (broad SMARTS) is 1. The molecule has 0 rings (SSSR count). The topological polar surface area (TPSA) is 57.5 Å². The van der Waals surface area contributed by atoms with Gasteiger partial charge in [-0.3, -0.25) is 4.79 Å². The number of rotatable bonds is 6. The summed E-state index contributed by atoms with van der Waals surface area (Å²) in [6.07, 6.45) is 4.45. The zero-order valence-electron chi connectivity index (χ0n) is 9.66. The molecule has 0 bridgehead atoms. The molecular formula is C12H20O3. The van der Waals surface area contributed by atoms with Gasteiger partial charge in [0.1, 0.15) is 0 Å². The molecule has 0 spiro atoms. The quantitative estimate of drug-likeness (QED) is 0.665. The summed E-state index contributed by atoms with van der Waals surface area (Å²) in [5.74, 6) is -0.976. The van der Waals surface area contributed by atoms with Gasteiger partial charge >= 0.3 is 5.97 Å². The molecule has 0 aromatic rings. The second-order valence-electron chi connectivity index (χ2n) is 4.00. The molecule has 0 aromatic carbocycles. The number of hydrogen-bond acceptors (Lipinski definition) is 2. The third-order valence-electron chi connectivity index (χ3n) is 1.95. The molecule has 0 radical (unpaired) electrons. The molecular weight excluding hydrogens is 192 g/mol. The fourth-order valence-corrected chi connectivity index (χ4v) is 1.24. The fraction of sp³-hybridized carbons (Fsp3) is 0.583. The first-order valence-corrected chi connectivity index (χ1v) is 5.12. The van der Waals surface area contributed by atoms with Crippen molar-refractivity contribution in [3.05, 3.63) is 23.3 Å². The number of aliphatic hydroxyl groups excluding tert-OH is 1. The van der Waals surface area contributed by atoms with E-state index in [1.165, 1.54) is 5.57 Å². The molecule has 15 heavy (non-hydrogen) atoms. The predicted octanol–water partition coefficient (Wildman–Crippen LogP) is 2.51. The van der Waals surface area contributed by atoms with Crippen LogP contribution in [-0.2, 0) is 4.79 Å². The van der Waals surface area contributed by atoms with E-state index >= 15 is 0 Å². The van der Waals surface area contributed by atoms with E-state index in [1.807, 2.05) is 20.8 Å². The van der Waals surface area contributed by atoms with Gasteiger partial charge in [-0.25, -0.2) is 0 Å². The lowest BCUT2D eigenvalue weighted by molar-refractivity contribution is -0.138. The Morgan fingerprint density at radius 3 is 2.40 bits per heavy atom. The van der Waals surface area contributed by atoms with Crippen LogP contribution in [0.5, 0.6) is 0 Å². The normalized spacial score (nSPS) is 13.5. The van der Waals surface area contributed by atoms with Crippen LogP contribution in [0.4, 0.5) is 0 Å². The van der Waals surface area contributed by atoms with Gasteiger partial charge in [-0.15, -0.1) is 0 Å². The van der Waals surface area contributed by atoms with Crippen LogP contribution in [0.15, 0.2) is 23.3 Å². The highest BCUT2D eigenvalue weighted by atomic mass is 16.4. The van der Waals surface area contributed by atoms with E-state index < -0.39 is 12.1 Å². The summed E-state index contributed by atoms with van der Waals surface area (Å²) in [4.78, 5) is 10.3. The Hall–Kier alpha value is -1.09. The molecule has 3 nitrogen and oxygen atoms in total. The maximum absolute atomic E-state index is 10.3. The predicted molar refractivity (Wildman–Crippen MR) is 60.7 cm³/mol. The molecule has 1 unspecified atom stereocenters. The standard InChI is InChI=1S/C12H20O3/c1-9(2)5-4-6-10(3)7-11(13)8-12(14)15/h5,7,11,13H,4,6,8H2,1-3H3,(H,14,15)/b10-7+. The molecule has 0 heterocycles. The Morgan fingerprint density at radius 1 is 1.33 bits per heavy atom. The highest BCUT2D eigenvalue weighted by molar-refractivity contribution is 5.67. The fourth-order valence-electron chi connectivity index (χ4n) is 1.24. The van der Waals surface area contributed by atoms with Crippen LogP contribution in [0, 0.1) is 0 Å². The number of allylic oxidation sites excluding steroid dienone is 3. The summed E-state index contributed by atoms with van der Waals surface area (Å²) in [7, 11) is 0. The Kier molecular flexibility index (Phi) is 6.71. The largest absolute Gasteiger partial charge is 0.481 e. The Labute approximate surface area is 91.1 Å². The minimum absolute atomic E-state index is 0.222. The Bertz CT molecular complexity index is 260. The summed E-state index contributed by atoms with van der Waals surface area (Å²) in [5, 5.41) is 17.8. The number of aliphatic carboxylic acids is 1. The van der Waals surface area contributed by atoms with Crippen LogP contribution in [0.3, 0.4) is 0 Å². The molecule has 0 aliphatic heterocycles. The number of carboxylic acids is 1. The Morgan fingerprint density at radius 2 is 1.93 bits per heavy atom. The lowest BCUT2D eigenvalue weighted by atomic mass is 10.1. The van der Waals surface area contributed by atoms with Gasteiger partial charge in [0.05, 0.1) is 12.5 Å².